The van der Waals surface area contributed by atoms with Crippen LogP contribution in [0.4, 0.5) is 5.69 Å². The summed E-state index contributed by atoms with van der Waals surface area (Å²) in [5.74, 6) is 0.953. The van der Waals surface area contributed by atoms with Gasteiger partial charge in [0.1, 0.15) is 5.75 Å². The molecule has 1 saturated heterocycles. The van der Waals surface area contributed by atoms with Crippen LogP contribution in [0.2, 0.25) is 0 Å². The number of carbonyl (C=O) groups excluding carboxylic acids is 1. The Kier molecular flexibility index (Phi) is 7.28. The number of amides is 1. The number of benzene rings is 3. The Morgan fingerprint density at radius 1 is 0.944 bits per heavy atom. The highest BCUT2D eigenvalue weighted by atomic mass is 16.5. The third kappa shape index (κ3) is 5.93. The average Bonchev–Trinajstić information content (AvgIpc) is 3.45. The Balaban J connectivity index is 1.38. The van der Waals surface area contributed by atoms with E-state index in [4.69, 9.17) is 4.74 Å². The van der Waals surface area contributed by atoms with E-state index in [2.05, 4.69) is 80.9 Å². The Morgan fingerprint density at radius 3 is 2.44 bits per heavy atom. The van der Waals surface area contributed by atoms with Crippen LogP contribution in [-0.2, 0) is 24.4 Å². The SMILES string of the molecule is COc1cccc(CN(Cc2cccc(-n3cccn3)c2)c2ccc(CN3CCNC(=O)C3)cc2)c1. The molecule has 36 heavy (non-hydrogen) atoms. The van der Waals surface area contributed by atoms with Crippen molar-refractivity contribution in [1.29, 1.82) is 0 Å². The number of ether oxygens (including phenoxy) is 1. The summed E-state index contributed by atoms with van der Waals surface area (Å²) in [5.41, 5.74) is 5.77. The van der Waals surface area contributed by atoms with Crippen molar-refractivity contribution in [3.8, 4) is 11.4 Å². The Bertz CT molecular complexity index is 1290. The van der Waals surface area contributed by atoms with Crippen LogP contribution in [0.5, 0.6) is 5.75 Å². The predicted octanol–water partition coefficient (Wildman–Crippen LogP) is 4.02. The van der Waals surface area contributed by atoms with Crippen LogP contribution < -0.4 is 15.0 Å². The van der Waals surface area contributed by atoms with Gasteiger partial charge in [0.25, 0.3) is 0 Å². The summed E-state index contributed by atoms with van der Waals surface area (Å²) < 4.78 is 7.33. The van der Waals surface area contributed by atoms with Crippen LogP contribution in [0.1, 0.15) is 16.7 Å². The molecular formula is C29H31N5O2. The van der Waals surface area contributed by atoms with E-state index >= 15 is 0 Å². The van der Waals surface area contributed by atoms with Gasteiger partial charge in [-0.25, -0.2) is 4.68 Å². The highest BCUT2D eigenvalue weighted by Crippen LogP contribution is 2.24. The fourth-order valence-corrected chi connectivity index (χ4v) is 4.57. The van der Waals surface area contributed by atoms with E-state index in [0.29, 0.717) is 13.1 Å². The van der Waals surface area contributed by atoms with Crippen molar-refractivity contribution in [2.24, 2.45) is 0 Å². The zero-order chi connectivity index (χ0) is 24.7. The second kappa shape index (κ2) is 11.1. The van der Waals surface area contributed by atoms with Crippen LogP contribution in [-0.4, -0.2) is 47.3 Å². The first-order valence-electron chi connectivity index (χ1n) is 12.2. The van der Waals surface area contributed by atoms with Gasteiger partial charge in [0, 0.05) is 50.8 Å². The number of anilines is 1. The standard InChI is InChI=1S/C29H31N5O2/c1-36-28-8-3-6-25(18-28)21-33(20-24-5-2-7-27(17-24)34-15-4-13-31-34)26-11-9-23(10-12-26)19-32-16-14-30-29(35)22-32/h2-13,15,17-18H,14,16,19-22H2,1H3,(H,30,35). The van der Waals surface area contributed by atoms with Gasteiger partial charge in [-0.05, 0) is 59.2 Å². The van der Waals surface area contributed by atoms with E-state index in [1.165, 1.54) is 16.7 Å². The molecule has 0 saturated carbocycles. The molecule has 1 aliphatic rings. The topological polar surface area (TPSA) is 62.6 Å². The van der Waals surface area contributed by atoms with Crippen molar-refractivity contribution >= 4 is 11.6 Å². The lowest BCUT2D eigenvalue weighted by Crippen LogP contribution is -2.47. The molecule has 0 unspecified atom stereocenters. The quantitative estimate of drug-likeness (QED) is 0.391. The molecule has 1 aliphatic heterocycles. The average molecular weight is 482 g/mol. The highest BCUT2D eigenvalue weighted by molar-refractivity contribution is 5.78. The van der Waals surface area contributed by atoms with Gasteiger partial charge in [-0.2, -0.15) is 5.10 Å². The number of aromatic nitrogens is 2. The summed E-state index contributed by atoms with van der Waals surface area (Å²) in [6.07, 6.45) is 3.75. The summed E-state index contributed by atoms with van der Waals surface area (Å²) >= 11 is 0. The van der Waals surface area contributed by atoms with Crippen LogP contribution in [0.3, 0.4) is 0 Å². The van der Waals surface area contributed by atoms with Gasteiger partial charge >= 0.3 is 0 Å². The number of methoxy groups -OCH3 is 1. The zero-order valence-electron chi connectivity index (χ0n) is 20.5. The first kappa shape index (κ1) is 23.6. The molecule has 5 rings (SSSR count). The highest BCUT2D eigenvalue weighted by Gasteiger charge is 2.16. The fourth-order valence-electron chi connectivity index (χ4n) is 4.57. The van der Waals surface area contributed by atoms with Crippen molar-refractivity contribution < 1.29 is 9.53 Å². The van der Waals surface area contributed by atoms with Gasteiger partial charge in [-0.3, -0.25) is 9.69 Å². The third-order valence-electron chi connectivity index (χ3n) is 6.39. The minimum atomic E-state index is 0.0969. The van der Waals surface area contributed by atoms with Gasteiger partial charge in [-0.1, -0.05) is 36.4 Å². The summed E-state index contributed by atoms with van der Waals surface area (Å²) in [6.45, 7) is 4.31. The normalized spacial score (nSPS) is 13.9. The molecule has 0 atom stereocenters. The van der Waals surface area contributed by atoms with E-state index in [1.54, 1.807) is 13.3 Å². The molecule has 7 nitrogen and oxygen atoms in total. The van der Waals surface area contributed by atoms with Crippen LogP contribution in [0, 0.1) is 0 Å². The number of hydrogen-bond acceptors (Lipinski definition) is 5. The molecule has 7 heteroatoms. The Hall–Kier alpha value is -4.10. The van der Waals surface area contributed by atoms with E-state index in [0.717, 1.165) is 43.3 Å². The number of hydrogen-bond donors (Lipinski definition) is 1. The molecule has 0 spiro atoms. The third-order valence-corrected chi connectivity index (χ3v) is 6.39. The van der Waals surface area contributed by atoms with Crippen molar-refractivity contribution in [2.45, 2.75) is 19.6 Å². The van der Waals surface area contributed by atoms with Crippen molar-refractivity contribution in [2.75, 3.05) is 31.6 Å². The van der Waals surface area contributed by atoms with E-state index in [1.807, 2.05) is 29.1 Å². The molecule has 1 amide bonds. The fraction of sp³-hybridized carbons (Fsp3) is 0.241. The summed E-state index contributed by atoms with van der Waals surface area (Å²) in [6, 6.07) is 27.3. The van der Waals surface area contributed by atoms with E-state index < -0.39 is 0 Å². The minimum absolute atomic E-state index is 0.0969. The van der Waals surface area contributed by atoms with Crippen LogP contribution in [0.25, 0.3) is 5.69 Å². The number of nitrogens with one attached hydrogen (secondary N) is 1. The zero-order valence-corrected chi connectivity index (χ0v) is 20.5. The summed E-state index contributed by atoms with van der Waals surface area (Å²) in [4.78, 5) is 16.3. The molecular weight excluding hydrogens is 450 g/mol. The maximum absolute atomic E-state index is 11.7. The molecule has 4 aromatic rings. The molecule has 0 aliphatic carbocycles. The Morgan fingerprint density at radius 2 is 1.72 bits per heavy atom. The van der Waals surface area contributed by atoms with Gasteiger partial charge in [-0.15, -0.1) is 0 Å². The van der Waals surface area contributed by atoms with Gasteiger partial charge < -0.3 is 15.0 Å². The van der Waals surface area contributed by atoms with E-state index in [-0.39, 0.29) is 5.91 Å². The van der Waals surface area contributed by atoms with Gasteiger partial charge in [0.15, 0.2) is 0 Å². The predicted molar refractivity (Wildman–Crippen MR) is 141 cm³/mol. The minimum Gasteiger partial charge on any atom is -0.497 e. The molecule has 3 aromatic carbocycles. The first-order chi connectivity index (χ1) is 17.7. The smallest absolute Gasteiger partial charge is 0.234 e. The number of rotatable bonds is 9. The molecule has 2 heterocycles. The largest absolute Gasteiger partial charge is 0.497 e. The maximum atomic E-state index is 11.7. The van der Waals surface area contributed by atoms with Crippen molar-refractivity contribution in [3.63, 3.8) is 0 Å². The summed E-state index contributed by atoms with van der Waals surface area (Å²) in [7, 11) is 1.70. The number of nitrogens with zero attached hydrogens (tertiary/aromatic N) is 4. The van der Waals surface area contributed by atoms with Gasteiger partial charge in [0.05, 0.1) is 19.3 Å². The van der Waals surface area contributed by atoms with Crippen molar-refractivity contribution in [3.05, 3.63) is 108 Å². The molecule has 1 N–H and O–H groups in total. The lowest BCUT2D eigenvalue weighted by molar-refractivity contribution is -0.124. The lowest BCUT2D eigenvalue weighted by Gasteiger charge is -2.28. The van der Waals surface area contributed by atoms with E-state index in [9.17, 15) is 4.79 Å². The second-order valence-electron chi connectivity index (χ2n) is 9.06. The second-order valence-corrected chi connectivity index (χ2v) is 9.06. The number of carbonyl (C=O) groups is 1. The monoisotopic (exact) mass is 481 g/mol. The molecule has 1 aromatic heterocycles. The number of piperazine rings is 1. The first-order valence-corrected chi connectivity index (χ1v) is 12.2. The summed E-state index contributed by atoms with van der Waals surface area (Å²) in [5, 5.41) is 7.26. The molecule has 0 radical (unpaired) electrons. The van der Waals surface area contributed by atoms with Crippen LogP contribution in [0.15, 0.2) is 91.3 Å². The molecule has 0 bridgehead atoms. The van der Waals surface area contributed by atoms with Crippen molar-refractivity contribution in [1.82, 2.24) is 20.0 Å². The molecule has 1 fully saturated rings. The molecule has 184 valence electrons. The lowest BCUT2D eigenvalue weighted by atomic mass is 10.1. The van der Waals surface area contributed by atoms with Crippen LogP contribution >= 0.6 is 0 Å². The van der Waals surface area contributed by atoms with Gasteiger partial charge in [0.2, 0.25) is 5.91 Å². The maximum Gasteiger partial charge on any atom is 0.234 e. The Labute approximate surface area is 211 Å².